The second-order valence-corrected chi connectivity index (χ2v) is 7.59. The van der Waals surface area contributed by atoms with Crippen LogP contribution in [0.15, 0.2) is 33.8 Å². The first-order valence-electron chi connectivity index (χ1n) is 8.09. The van der Waals surface area contributed by atoms with Crippen molar-refractivity contribution in [3.63, 3.8) is 0 Å². The van der Waals surface area contributed by atoms with Gasteiger partial charge in [0.1, 0.15) is 6.54 Å². The number of carbonyl (C=O) groups excluding carboxylic acids is 1. The number of benzene rings is 1. The summed E-state index contributed by atoms with van der Waals surface area (Å²) in [7, 11) is 0. The summed E-state index contributed by atoms with van der Waals surface area (Å²) in [5, 5.41) is 6.80. The number of carbonyl (C=O) groups is 1. The van der Waals surface area contributed by atoms with Gasteiger partial charge < -0.3 is 10.6 Å². The minimum atomic E-state index is -0.204. The van der Waals surface area contributed by atoms with Crippen LogP contribution in [0, 0.1) is 5.41 Å². The number of hydrogen-bond donors (Lipinski definition) is 2. The fourth-order valence-corrected chi connectivity index (χ4v) is 3.33. The van der Waals surface area contributed by atoms with E-state index in [2.05, 4.69) is 38.5 Å². The maximum absolute atomic E-state index is 12.5. The molecular formula is C17H21BrN4O2. The van der Waals surface area contributed by atoms with Gasteiger partial charge in [0.15, 0.2) is 0 Å². The molecule has 1 aromatic heterocycles. The number of fused-ring (bicyclic) bond motifs is 1. The third-order valence-corrected chi connectivity index (χ3v) is 5.12. The monoisotopic (exact) mass is 392 g/mol. The Hall–Kier alpha value is -1.73. The summed E-state index contributed by atoms with van der Waals surface area (Å²) in [4.78, 5) is 29.0. The van der Waals surface area contributed by atoms with Crippen molar-refractivity contribution in [2.24, 2.45) is 5.41 Å². The molecule has 1 saturated heterocycles. The highest BCUT2D eigenvalue weighted by atomic mass is 79.9. The van der Waals surface area contributed by atoms with E-state index in [9.17, 15) is 9.59 Å². The lowest BCUT2D eigenvalue weighted by Gasteiger charge is -2.34. The quantitative estimate of drug-likeness (QED) is 0.829. The summed E-state index contributed by atoms with van der Waals surface area (Å²) in [5.74, 6) is -0.159. The van der Waals surface area contributed by atoms with Crippen LogP contribution in [0.3, 0.4) is 0 Å². The Bertz CT molecular complexity index is 812. The van der Waals surface area contributed by atoms with E-state index in [0.717, 1.165) is 30.4 Å². The molecule has 0 atom stereocenters. The summed E-state index contributed by atoms with van der Waals surface area (Å²) < 4.78 is 2.17. The second kappa shape index (κ2) is 7.03. The Balaban J connectivity index is 1.69. The molecule has 0 unspecified atom stereocenters. The van der Waals surface area contributed by atoms with E-state index in [0.29, 0.717) is 17.4 Å². The van der Waals surface area contributed by atoms with E-state index in [1.165, 1.54) is 10.9 Å². The van der Waals surface area contributed by atoms with Crippen molar-refractivity contribution in [2.45, 2.75) is 26.3 Å². The second-order valence-electron chi connectivity index (χ2n) is 6.68. The standard InChI is InChI=1S/C17H21BrN4O2/c1-17(4-6-19-7-5-17)10-20-15(23)9-22-11-21-14-3-2-12(18)8-13(14)16(22)24/h2-3,8,11,19H,4-7,9-10H2,1H3,(H,20,23). The van der Waals surface area contributed by atoms with E-state index in [1.54, 1.807) is 12.1 Å². The van der Waals surface area contributed by atoms with Gasteiger partial charge in [0.2, 0.25) is 5.91 Å². The van der Waals surface area contributed by atoms with Crippen LogP contribution in [0.1, 0.15) is 19.8 Å². The highest BCUT2D eigenvalue weighted by Gasteiger charge is 2.27. The third kappa shape index (κ3) is 3.84. The lowest BCUT2D eigenvalue weighted by atomic mass is 9.81. The molecule has 0 aliphatic carbocycles. The largest absolute Gasteiger partial charge is 0.354 e. The molecule has 2 N–H and O–H groups in total. The summed E-state index contributed by atoms with van der Waals surface area (Å²) in [6.07, 6.45) is 3.52. The fourth-order valence-electron chi connectivity index (χ4n) is 2.97. The van der Waals surface area contributed by atoms with Crippen molar-refractivity contribution < 1.29 is 4.79 Å². The van der Waals surface area contributed by atoms with Gasteiger partial charge in [0, 0.05) is 11.0 Å². The van der Waals surface area contributed by atoms with Gasteiger partial charge in [-0.1, -0.05) is 22.9 Å². The molecule has 24 heavy (non-hydrogen) atoms. The van der Waals surface area contributed by atoms with Crippen LogP contribution in [0.5, 0.6) is 0 Å². The molecule has 0 saturated carbocycles. The van der Waals surface area contributed by atoms with Crippen molar-refractivity contribution >= 4 is 32.7 Å². The number of nitrogens with one attached hydrogen (secondary N) is 2. The number of hydrogen-bond acceptors (Lipinski definition) is 4. The molecule has 2 aromatic rings. The molecule has 6 nitrogen and oxygen atoms in total. The predicted molar refractivity (Wildman–Crippen MR) is 96.9 cm³/mol. The Labute approximate surface area is 148 Å². The van der Waals surface area contributed by atoms with Gasteiger partial charge in [-0.3, -0.25) is 14.2 Å². The van der Waals surface area contributed by atoms with Gasteiger partial charge in [-0.05, 0) is 49.5 Å². The number of rotatable bonds is 4. The minimum absolute atomic E-state index is 0.0113. The first-order chi connectivity index (χ1) is 11.5. The van der Waals surface area contributed by atoms with Crippen molar-refractivity contribution in [1.29, 1.82) is 0 Å². The van der Waals surface area contributed by atoms with Crippen LogP contribution in [0.4, 0.5) is 0 Å². The molecule has 1 aromatic carbocycles. The zero-order chi connectivity index (χ0) is 17.2. The fraction of sp³-hybridized carbons (Fsp3) is 0.471. The third-order valence-electron chi connectivity index (χ3n) is 4.62. The zero-order valence-electron chi connectivity index (χ0n) is 13.6. The number of halogens is 1. The molecular weight excluding hydrogens is 372 g/mol. The van der Waals surface area contributed by atoms with Crippen molar-refractivity contribution in [3.8, 4) is 0 Å². The van der Waals surface area contributed by atoms with Crippen LogP contribution in [-0.2, 0) is 11.3 Å². The van der Waals surface area contributed by atoms with Gasteiger partial charge in [-0.2, -0.15) is 0 Å². The summed E-state index contributed by atoms with van der Waals surface area (Å²) in [5.41, 5.74) is 0.546. The maximum Gasteiger partial charge on any atom is 0.261 e. The van der Waals surface area contributed by atoms with Crippen molar-refractivity contribution in [1.82, 2.24) is 20.2 Å². The average Bonchev–Trinajstić information content (AvgIpc) is 2.57. The van der Waals surface area contributed by atoms with Crippen molar-refractivity contribution in [3.05, 3.63) is 39.4 Å². The van der Waals surface area contributed by atoms with Gasteiger partial charge in [0.25, 0.3) is 5.56 Å². The zero-order valence-corrected chi connectivity index (χ0v) is 15.2. The first kappa shape index (κ1) is 17.1. The molecule has 0 spiro atoms. The number of nitrogens with zero attached hydrogens (tertiary/aromatic N) is 2. The van der Waals surface area contributed by atoms with E-state index in [-0.39, 0.29) is 23.4 Å². The average molecular weight is 393 g/mol. The van der Waals surface area contributed by atoms with Crippen LogP contribution in [0.25, 0.3) is 10.9 Å². The first-order valence-corrected chi connectivity index (χ1v) is 8.88. The maximum atomic E-state index is 12.5. The Morgan fingerprint density at radius 1 is 1.42 bits per heavy atom. The Morgan fingerprint density at radius 2 is 2.17 bits per heavy atom. The SMILES string of the molecule is CC1(CNC(=O)Cn2cnc3ccc(Br)cc3c2=O)CCNCC1. The van der Waals surface area contributed by atoms with Crippen LogP contribution in [-0.4, -0.2) is 35.1 Å². The molecule has 3 rings (SSSR count). The summed E-state index contributed by atoms with van der Waals surface area (Å²) in [6.45, 7) is 4.78. The Kier molecular flexibility index (Phi) is 5.01. The summed E-state index contributed by atoms with van der Waals surface area (Å²) >= 11 is 3.36. The molecule has 1 aliphatic heterocycles. The molecule has 0 bridgehead atoms. The molecule has 7 heteroatoms. The number of aromatic nitrogens is 2. The predicted octanol–water partition coefficient (Wildman–Crippen LogP) is 1.66. The van der Waals surface area contributed by atoms with E-state index in [1.807, 2.05) is 6.07 Å². The van der Waals surface area contributed by atoms with Crippen LogP contribution >= 0.6 is 15.9 Å². The highest BCUT2D eigenvalue weighted by Crippen LogP contribution is 2.26. The number of amides is 1. The number of piperidine rings is 1. The van der Waals surface area contributed by atoms with E-state index >= 15 is 0 Å². The van der Waals surface area contributed by atoms with Gasteiger partial charge in [-0.25, -0.2) is 4.98 Å². The smallest absolute Gasteiger partial charge is 0.261 e. The molecule has 0 radical (unpaired) electrons. The normalized spacial score (nSPS) is 16.9. The van der Waals surface area contributed by atoms with Crippen LogP contribution < -0.4 is 16.2 Å². The molecule has 1 aliphatic rings. The highest BCUT2D eigenvalue weighted by molar-refractivity contribution is 9.10. The Morgan fingerprint density at radius 3 is 2.92 bits per heavy atom. The van der Waals surface area contributed by atoms with Crippen molar-refractivity contribution in [2.75, 3.05) is 19.6 Å². The minimum Gasteiger partial charge on any atom is -0.354 e. The van der Waals surface area contributed by atoms with Gasteiger partial charge >= 0.3 is 0 Å². The van der Waals surface area contributed by atoms with E-state index < -0.39 is 0 Å². The molecule has 2 heterocycles. The van der Waals surface area contributed by atoms with Gasteiger partial charge in [-0.15, -0.1) is 0 Å². The van der Waals surface area contributed by atoms with Crippen LogP contribution in [0.2, 0.25) is 0 Å². The molecule has 1 fully saturated rings. The molecule has 1 amide bonds. The lowest BCUT2D eigenvalue weighted by Crippen LogP contribution is -2.44. The molecule has 128 valence electrons. The van der Waals surface area contributed by atoms with E-state index in [4.69, 9.17) is 0 Å². The lowest BCUT2D eigenvalue weighted by molar-refractivity contribution is -0.122. The van der Waals surface area contributed by atoms with Gasteiger partial charge in [0.05, 0.1) is 17.2 Å². The topological polar surface area (TPSA) is 76.0 Å². The summed E-state index contributed by atoms with van der Waals surface area (Å²) in [6, 6.07) is 5.35.